The van der Waals surface area contributed by atoms with E-state index in [-0.39, 0.29) is 5.91 Å². The van der Waals surface area contributed by atoms with Crippen LogP contribution in [0.5, 0.6) is 0 Å². The number of piperazine rings is 1. The maximum absolute atomic E-state index is 11.8. The Bertz CT molecular complexity index is 770. The summed E-state index contributed by atoms with van der Waals surface area (Å²) < 4.78 is 0. The van der Waals surface area contributed by atoms with Gasteiger partial charge in [0, 0.05) is 48.5 Å². The van der Waals surface area contributed by atoms with Gasteiger partial charge in [0.15, 0.2) is 0 Å². The molecule has 1 aliphatic heterocycles. The summed E-state index contributed by atoms with van der Waals surface area (Å²) in [6.07, 6.45) is 1.80. The molecule has 0 atom stereocenters. The van der Waals surface area contributed by atoms with E-state index in [1.807, 2.05) is 24.3 Å². The predicted octanol–water partition coefficient (Wildman–Crippen LogP) is 2.56. The van der Waals surface area contributed by atoms with E-state index in [0.29, 0.717) is 18.1 Å². The third-order valence-corrected chi connectivity index (χ3v) is 4.06. The average Bonchev–Trinajstić information content (AvgIpc) is 2.54. The molecule has 0 radical (unpaired) electrons. The summed E-state index contributed by atoms with van der Waals surface area (Å²) in [4.78, 5) is 20.2. The highest BCUT2D eigenvalue weighted by atomic mass is 35.5. The Morgan fingerprint density at radius 1 is 1.23 bits per heavy atom. The Balaban J connectivity index is 1.82. The molecule has 2 heterocycles. The third kappa shape index (κ3) is 2.86. The first kappa shape index (κ1) is 14.7. The van der Waals surface area contributed by atoms with Gasteiger partial charge in [0.25, 0.3) is 5.91 Å². The fourth-order valence-electron chi connectivity index (χ4n) is 2.72. The maximum Gasteiger partial charge on any atom is 0.298 e. The molecule has 1 fully saturated rings. The lowest BCUT2D eigenvalue weighted by Crippen LogP contribution is -2.48. The highest BCUT2D eigenvalue weighted by Gasteiger charge is 2.21. The summed E-state index contributed by atoms with van der Waals surface area (Å²) in [5.41, 5.74) is 2.02. The molecule has 0 bridgehead atoms. The van der Waals surface area contributed by atoms with Crippen LogP contribution in [0.25, 0.3) is 10.9 Å². The van der Waals surface area contributed by atoms with Gasteiger partial charge in [-0.3, -0.25) is 9.78 Å². The highest BCUT2D eigenvalue weighted by Crippen LogP contribution is 2.28. The van der Waals surface area contributed by atoms with Crippen molar-refractivity contribution >= 4 is 34.1 Å². The fraction of sp³-hybridized carbons (Fsp3) is 0.294. The third-order valence-electron chi connectivity index (χ3n) is 3.82. The molecule has 5 heteroatoms. The Morgan fingerprint density at radius 3 is 2.73 bits per heavy atom. The van der Waals surface area contributed by atoms with Crippen molar-refractivity contribution in [3.63, 3.8) is 0 Å². The van der Waals surface area contributed by atoms with Gasteiger partial charge in [-0.05, 0) is 37.1 Å². The molecular weight excluding hydrogens is 298 g/mol. The molecule has 4 nitrogen and oxygen atoms in total. The summed E-state index contributed by atoms with van der Waals surface area (Å²) >= 11 is 6.03. The van der Waals surface area contributed by atoms with Gasteiger partial charge in [-0.25, -0.2) is 0 Å². The van der Waals surface area contributed by atoms with Gasteiger partial charge in [0.05, 0.1) is 5.52 Å². The van der Waals surface area contributed by atoms with Crippen LogP contribution < -0.4 is 4.90 Å². The number of pyridine rings is 1. The van der Waals surface area contributed by atoms with Gasteiger partial charge in [-0.15, -0.1) is 0 Å². The van der Waals surface area contributed by atoms with E-state index in [1.54, 1.807) is 18.0 Å². The zero-order chi connectivity index (χ0) is 15.5. The summed E-state index contributed by atoms with van der Waals surface area (Å²) in [5.74, 6) is 5.17. The predicted molar refractivity (Wildman–Crippen MR) is 89.0 cm³/mol. The first-order valence-electron chi connectivity index (χ1n) is 7.20. The molecule has 0 saturated carbocycles. The number of benzene rings is 1. The molecule has 1 aliphatic rings. The first-order valence-corrected chi connectivity index (χ1v) is 7.58. The summed E-state index contributed by atoms with van der Waals surface area (Å²) in [7, 11) is 0. The minimum Gasteiger partial charge on any atom is -0.367 e. The Labute approximate surface area is 134 Å². The zero-order valence-electron chi connectivity index (χ0n) is 12.3. The number of fused-ring (bicyclic) bond motifs is 1. The SMILES string of the molecule is CC#CC(=O)N1CCN(c2ccnc3cc(Cl)ccc23)CC1. The number of aromatic nitrogens is 1. The number of hydrogen-bond acceptors (Lipinski definition) is 3. The standard InChI is InChI=1S/C17H16ClN3O/c1-2-3-17(22)21-10-8-20(9-11-21)16-6-7-19-15-12-13(18)4-5-14(15)16/h4-7,12H,8-11H2,1H3. The molecule has 0 N–H and O–H groups in total. The second-order valence-corrected chi connectivity index (χ2v) is 5.58. The minimum absolute atomic E-state index is 0.0893. The van der Waals surface area contributed by atoms with Gasteiger partial charge in [0.1, 0.15) is 0 Å². The van der Waals surface area contributed by atoms with Crippen molar-refractivity contribution in [2.75, 3.05) is 31.1 Å². The second kappa shape index (κ2) is 6.25. The Morgan fingerprint density at radius 2 is 2.00 bits per heavy atom. The Hall–Kier alpha value is -2.25. The molecule has 0 spiro atoms. The molecule has 22 heavy (non-hydrogen) atoms. The lowest BCUT2D eigenvalue weighted by atomic mass is 10.1. The van der Waals surface area contributed by atoms with Crippen LogP contribution in [0.3, 0.4) is 0 Å². The molecule has 1 aromatic heterocycles. The maximum atomic E-state index is 11.8. The minimum atomic E-state index is -0.0893. The van der Waals surface area contributed by atoms with Crippen LogP contribution in [0.4, 0.5) is 5.69 Å². The lowest BCUT2D eigenvalue weighted by molar-refractivity contribution is -0.125. The number of anilines is 1. The number of carbonyl (C=O) groups excluding carboxylic acids is 1. The van der Waals surface area contributed by atoms with E-state index in [9.17, 15) is 4.79 Å². The monoisotopic (exact) mass is 313 g/mol. The van der Waals surface area contributed by atoms with E-state index in [4.69, 9.17) is 11.6 Å². The van der Waals surface area contributed by atoms with Crippen LogP contribution in [0.15, 0.2) is 30.5 Å². The number of nitrogens with zero attached hydrogens (tertiary/aromatic N) is 3. The van der Waals surface area contributed by atoms with Crippen LogP contribution >= 0.6 is 11.6 Å². The van der Waals surface area contributed by atoms with Crippen molar-refractivity contribution in [2.24, 2.45) is 0 Å². The number of hydrogen-bond donors (Lipinski definition) is 0. The molecule has 2 aromatic rings. The largest absolute Gasteiger partial charge is 0.367 e. The topological polar surface area (TPSA) is 36.4 Å². The van der Waals surface area contributed by atoms with Crippen molar-refractivity contribution in [3.8, 4) is 11.8 Å². The Kier molecular flexibility index (Phi) is 4.17. The van der Waals surface area contributed by atoms with Crippen LogP contribution in [-0.2, 0) is 4.79 Å². The van der Waals surface area contributed by atoms with Gasteiger partial charge in [-0.2, -0.15) is 0 Å². The van der Waals surface area contributed by atoms with Crippen molar-refractivity contribution in [1.29, 1.82) is 0 Å². The molecular formula is C17H16ClN3O. The number of amides is 1. The van der Waals surface area contributed by atoms with Gasteiger partial charge in [0.2, 0.25) is 0 Å². The summed E-state index contributed by atoms with van der Waals surface area (Å²) in [6, 6.07) is 7.77. The summed E-state index contributed by atoms with van der Waals surface area (Å²) in [6.45, 7) is 4.63. The molecule has 0 aliphatic carbocycles. The number of halogens is 1. The van der Waals surface area contributed by atoms with Crippen molar-refractivity contribution in [1.82, 2.24) is 9.88 Å². The molecule has 1 saturated heterocycles. The molecule has 0 unspecified atom stereocenters. The highest BCUT2D eigenvalue weighted by molar-refractivity contribution is 6.31. The van der Waals surface area contributed by atoms with Gasteiger partial charge in [-0.1, -0.05) is 17.5 Å². The van der Waals surface area contributed by atoms with Gasteiger partial charge >= 0.3 is 0 Å². The van der Waals surface area contributed by atoms with E-state index in [1.165, 1.54) is 0 Å². The van der Waals surface area contributed by atoms with Crippen LogP contribution in [0.2, 0.25) is 5.02 Å². The van der Waals surface area contributed by atoms with Crippen LogP contribution in [0.1, 0.15) is 6.92 Å². The van der Waals surface area contributed by atoms with Crippen LogP contribution in [0, 0.1) is 11.8 Å². The summed E-state index contributed by atoms with van der Waals surface area (Å²) in [5, 5.41) is 1.77. The van der Waals surface area contributed by atoms with E-state index < -0.39 is 0 Å². The van der Waals surface area contributed by atoms with E-state index in [2.05, 4.69) is 21.7 Å². The van der Waals surface area contributed by atoms with Crippen LogP contribution in [-0.4, -0.2) is 42.0 Å². The van der Waals surface area contributed by atoms with Crippen molar-refractivity contribution < 1.29 is 4.79 Å². The molecule has 1 aromatic carbocycles. The van der Waals surface area contributed by atoms with E-state index in [0.717, 1.165) is 29.7 Å². The normalized spacial score (nSPS) is 14.6. The van der Waals surface area contributed by atoms with Crippen molar-refractivity contribution in [2.45, 2.75) is 6.92 Å². The van der Waals surface area contributed by atoms with E-state index >= 15 is 0 Å². The quantitative estimate of drug-likeness (QED) is 0.759. The smallest absolute Gasteiger partial charge is 0.298 e. The fourth-order valence-corrected chi connectivity index (χ4v) is 2.88. The van der Waals surface area contributed by atoms with Gasteiger partial charge < -0.3 is 9.80 Å². The molecule has 112 valence electrons. The molecule has 1 amide bonds. The lowest BCUT2D eigenvalue weighted by Gasteiger charge is -2.35. The number of carbonyl (C=O) groups is 1. The van der Waals surface area contributed by atoms with Crippen molar-refractivity contribution in [3.05, 3.63) is 35.5 Å². The first-order chi connectivity index (χ1) is 10.7. The second-order valence-electron chi connectivity index (χ2n) is 5.15. The average molecular weight is 314 g/mol. The number of rotatable bonds is 1. The molecule has 3 rings (SSSR count). The zero-order valence-corrected chi connectivity index (χ0v) is 13.1.